The zero-order valence-electron chi connectivity index (χ0n) is 16.4. The molecule has 0 amide bonds. The molecule has 0 saturated carbocycles. The SMILES string of the molecule is CN=C(NCCCCN1CCCCC1C)NCCOCCC(C)C. The molecule has 0 aromatic carbocycles. The maximum Gasteiger partial charge on any atom is 0.191 e. The van der Waals surface area contributed by atoms with E-state index in [4.69, 9.17) is 4.74 Å². The lowest BCUT2D eigenvalue weighted by molar-refractivity contribution is 0.128. The van der Waals surface area contributed by atoms with Crippen LogP contribution in [0.25, 0.3) is 0 Å². The average Bonchev–Trinajstić information content (AvgIpc) is 2.57. The van der Waals surface area contributed by atoms with Crippen LogP contribution < -0.4 is 10.6 Å². The molecule has 1 aliphatic rings. The number of nitrogens with one attached hydrogen (secondary N) is 2. The summed E-state index contributed by atoms with van der Waals surface area (Å²) < 4.78 is 5.61. The van der Waals surface area contributed by atoms with E-state index in [1.54, 1.807) is 0 Å². The highest BCUT2D eigenvalue weighted by molar-refractivity contribution is 5.79. The van der Waals surface area contributed by atoms with Gasteiger partial charge in [-0.2, -0.15) is 0 Å². The second kappa shape index (κ2) is 13.5. The van der Waals surface area contributed by atoms with E-state index < -0.39 is 0 Å². The van der Waals surface area contributed by atoms with Gasteiger partial charge in [0.05, 0.1) is 6.61 Å². The van der Waals surface area contributed by atoms with Crippen molar-refractivity contribution in [1.29, 1.82) is 0 Å². The Bertz CT molecular complexity index is 333. The largest absolute Gasteiger partial charge is 0.380 e. The second-order valence-electron chi connectivity index (χ2n) is 7.31. The molecular formula is C19H40N4O. The molecular weight excluding hydrogens is 300 g/mol. The fourth-order valence-electron chi connectivity index (χ4n) is 3.02. The van der Waals surface area contributed by atoms with Crippen molar-refractivity contribution in [3.63, 3.8) is 0 Å². The molecule has 1 atom stereocenters. The molecule has 0 bridgehead atoms. The highest BCUT2D eigenvalue weighted by Gasteiger charge is 2.16. The van der Waals surface area contributed by atoms with Crippen molar-refractivity contribution in [3.05, 3.63) is 0 Å². The molecule has 1 rings (SSSR count). The number of nitrogens with zero attached hydrogens (tertiary/aromatic N) is 2. The van der Waals surface area contributed by atoms with Gasteiger partial charge in [-0.15, -0.1) is 0 Å². The Balaban J connectivity index is 1.97. The van der Waals surface area contributed by atoms with Crippen LogP contribution in [0.3, 0.4) is 0 Å². The molecule has 1 fully saturated rings. The van der Waals surface area contributed by atoms with Gasteiger partial charge in [0.2, 0.25) is 0 Å². The van der Waals surface area contributed by atoms with E-state index in [0.717, 1.165) is 44.7 Å². The molecule has 2 N–H and O–H groups in total. The monoisotopic (exact) mass is 340 g/mol. The fraction of sp³-hybridized carbons (Fsp3) is 0.947. The highest BCUT2D eigenvalue weighted by atomic mass is 16.5. The number of aliphatic imine (C=N–C) groups is 1. The lowest BCUT2D eigenvalue weighted by Crippen LogP contribution is -2.40. The Kier molecular flexibility index (Phi) is 11.9. The molecule has 0 aromatic rings. The molecule has 142 valence electrons. The van der Waals surface area contributed by atoms with E-state index in [1.807, 2.05) is 7.05 Å². The lowest BCUT2D eigenvalue weighted by atomic mass is 10.0. The number of ether oxygens (including phenoxy) is 1. The van der Waals surface area contributed by atoms with Crippen LogP contribution in [0, 0.1) is 5.92 Å². The first-order valence-corrected chi connectivity index (χ1v) is 9.89. The average molecular weight is 341 g/mol. The van der Waals surface area contributed by atoms with E-state index in [1.165, 1.54) is 45.2 Å². The zero-order chi connectivity index (χ0) is 17.6. The molecule has 24 heavy (non-hydrogen) atoms. The van der Waals surface area contributed by atoms with Gasteiger partial charge in [0, 0.05) is 32.8 Å². The van der Waals surface area contributed by atoms with Gasteiger partial charge < -0.3 is 20.3 Å². The van der Waals surface area contributed by atoms with Crippen LogP contribution in [0.1, 0.15) is 59.3 Å². The van der Waals surface area contributed by atoms with Gasteiger partial charge >= 0.3 is 0 Å². The van der Waals surface area contributed by atoms with Gasteiger partial charge in [-0.3, -0.25) is 4.99 Å². The molecule has 1 unspecified atom stereocenters. The molecule has 5 heteroatoms. The van der Waals surface area contributed by atoms with Crippen LogP contribution in [0.2, 0.25) is 0 Å². The van der Waals surface area contributed by atoms with E-state index in [0.29, 0.717) is 5.92 Å². The summed E-state index contributed by atoms with van der Waals surface area (Å²) in [5.74, 6) is 1.59. The number of unbranched alkanes of at least 4 members (excludes halogenated alkanes) is 1. The number of piperidine rings is 1. The molecule has 0 aromatic heterocycles. The summed E-state index contributed by atoms with van der Waals surface area (Å²) >= 11 is 0. The zero-order valence-corrected chi connectivity index (χ0v) is 16.4. The number of likely N-dealkylation sites (tertiary alicyclic amines) is 1. The van der Waals surface area contributed by atoms with E-state index in [2.05, 4.69) is 41.3 Å². The maximum atomic E-state index is 5.61. The Hall–Kier alpha value is -0.810. The molecule has 0 aliphatic carbocycles. The fourth-order valence-corrected chi connectivity index (χ4v) is 3.02. The Morgan fingerprint density at radius 3 is 2.67 bits per heavy atom. The van der Waals surface area contributed by atoms with Crippen LogP contribution in [-0.2, 0) is 4.74 Å². The van der Waals surface area contributed by atoms with Crippen molar-refractivity contribution < 1.29 is 4.74 Å². The van der Waals surface area contributed by atoms with E-state index in [9.17, 15) is 0 Å². The Morgan fingerprint density at radius 1 is 1.17 bits per heavy atom. The first kappa shape index (κ1) is 21.2. The standard InChI is InChI=1S/C19H40N4O/c1-17(2)10-15-24-16-12-22-19(20-4)21-11-6-8-14-23-13-7-5-9-18(23)3/h17-18H,5-16H2,1-4H3,(H2,20,21,22). The topological polar surface area (TPSA) is 48.9 Å². The van der Waals surface area contributed by atoms with Gasteiger partial charge in [0.25, 0.3) is 0 Å². The van der Waals surface area contributed by atoms with Gasteiger partial charge in [0.15, 0.2) is 5.96 Å². The van der Waals surface area contributed by atoms with Crippen molar-refractivity contribution >= 4 is 5.96 Å². The molecule has 1 aliphatic heterocycles. The van der Waals surface area contributed by atoms with Crippen molar-refractivity contribution in [2.45, 2.75) is 65.3 Å². The van der Waals surface area contributed by atoms with Crippen LogP contribution >= 0.6 is 0 Å². The first-order chi connectivity index (χ1) is 11.6. The van der Waals surface area contributed by atoms with Gasteiger partial charge in [-0.25, -0.2) is 0 Å². The molecule has 5 nitrogen and oxygen atoms in total. The van der Waals surface area contributed by atoms with Crippen LogP contribution in [0.5, 0.6) is 0 Å². The highest BCUT2D eigenvalue weighted by Crippen LogP contribution is 2.16. The summed E-state index contributed by atoms with van der Waals surface area (Å²) in [6, 6.07) is 0.775. The van der Waals surface area contributed by atoms with Gasteiger partial charge in [-0.1, -0.05) is 20.3 Å². The second-order valence-corrected chi connectivity index (χ2v) is 7.31. The quantitative estimate of drug-likeness (QED) is 0.345. The van der Waals surface area contributed by atoms with Crippen molar-refractivity contribution in [2.75, 3.05) is 46.4 Å². The summed E-state index contributed by atoms with van der Waals surface area (Å²) in [5, 5.41) is 6.70. The van der Waals surface area contributed by atoms with Crippen molar-refractivity contribution in [3.8, 4) is 0 Å². The summed E-state index contributed by atoms with van der Waals surface area (Å²) in [5.41, 5.74) is 0. The smallest absolute Gasteiger partial charge is 0.191 e. The normalized spacial score (nSPS) is 19.7. The van der Waals surface area contributed by atoms with Gasteiger partial charge in [-0.05, 0) is 58.0 Å². The third-order valence-corrected chi connectivity index (χ3v) is 4.71. The van der Waals surface area contributed by atoms with E-state index >= 15 is 0 Å². The number of hydrogen-bond donors (Lipinski definition) is 2. The minimum atomic E-state index is 0.709. The predicted molar refractivity (Wildman–Crippen MR) is 104 cm³/mol. The summed E-state index contributed by atoms with van der Waals surface area (Å²) in [6.07, 6.45) is 7.72. The minimum absolute atomic E-state index is 0.709. The molecule has 1 saturated heterocycles. The predicted octanol–water partition coefficient (Wildman–Crippen LogP) is 2.87. The van der Waals surface area contributed by atoms with Crippen molar-refractivity contribution in [1.82, 2.24) is 15.5 Å². The maximum absolute atomic E-state index is 5.61. The summed E-state index contributed by atoms with van der Waals surface area (Å²) in [4.78, 5) is 6.91. The lowest BCUT2D eigenvalue weighted by Gasteiger charge is -2.33. The number of guanidine groups is 1. The Labute approximate surface area is 149 Å². The molecule has 1 heterocycles. The van der Waals surface area contributed by atoms with Crippen LogP contribution in [0.4, 0.5) is 0 Å². The first-order valence-electron chi connectivity index (χ1n) is 9.89. The third-order valence-electron chi connectivity index (χ3n) is 4.71. The van der Waals surface area contributed by atoms with Crippen LogP contribution in [0.15, 0.2) is 4.99 Å². The van der Waals surface area contributed by atoms with Gasteiger partial charge in [0.1, 0.15) is 0 Å². The molecule has 0 spiro atoms. The minimum Gasteiger partial charge on any atom is -0.380 e. The van der Waals surface area contributed by atoms with Crippen molar-refractivity contribution in [2.24, 2.45) is 10.9 Å². The van der Waals surface area contributed by atoms with E-state index in [-0.39, 0.29) is 0 Å². The third kappa shape index (κ3) is 10.1. The number of hydrogen-bond acceptors (Lipinski definition) is 3. The summed E-state index contributed by atoms with van der Waals surface area (Å²) in [7, 11) is 1.82. The molecule has 0 radical (unpaired) electrons. The Morgan fingerprint density at radius 2 is 1.96 bits per heavy atom. The van der Waals surface area contributed by atoms with Crippen LogP contribution in [-0.4, -0.2) is 63.3 Å². The number of rotatable bonds is 11. The summed E-state index contributed by atoms with van der Waals surface area (Å²) in [6.45, 7) is 12.7.